The SMILES string of the molecule is NC(Cc1ccc(Oc2cccc(C(=O)NO)c2)cc1)C(=O)O. The van der Waals surface area contributed by atoms with Gasteiger partial charge in [0.2, 0.25) is 0 Å². The molecule has 0 radical (unpaired) electrons. The van der Waals surface area contributed by atoms with Crippen LogP contribution in [0.2, 0.25) is 0 Å². The molecule has 7 nitrogen and oxygen atoms in total. The normalized spacial score (nSPS) is 11.6. The summed E-state index contributed by atoms with van der Waals surface area (Å²) in [5.41, 5.74) is 8.07. The van der Waals surface area contributed by atoms with Crippen molar-refractivity contribution in [1.82, 2.24) is 5.48 Å². The maximum absolute atomic E-state index is 11.3. The van der Waals surface area contributed by atoms with Crippen molar-refractivity contribution in [2.24, 2.45) is 5.73 Å². The van der Waals surface area contributed by atoms with Crippen LogP contribution in [0, 0.1) is 0 Å². The van der Waals surface area contributed by atoms with Crippen LogP contribution >= 0.6 is 0 Å². The molecule has 0 bridgehead atoms. The quantitative estimate of drug-likeness (QED) is 0.474. The molecule has 1 amide bonds. The zero-order valence-electron chi connectivity index (χ0n) is 12.1. The molecule has 0 aliphatic carbocycles. The first-order valence-electron chi connectivity index (χ1n) is 6.79. The highest BCUT2D eigenvalue weighted by atomic mass is 16.5. The maximum atomic E-state index is 11.3. The molecule has 0 spiro atoms. The van der Waals surface area contributed by atoms with E-state index in [9.17, 15) is 9.59 Å². The lowest BCUT2D eigenvalue weighted by Crippen LogP contribution is -2.32. The summed E-state index contributed by atoms with van der Waals surface area (Å²) in [5.74, 6) is -0.724. The van der Waals surface area contributed by atoms with Gasteiger partial charge in [-0.15, -0.1) is 0 Å². The summed E-state index contributed by atoms with van der Waals surface area (Å²) >= 11 is 0. The Morgan fingerprint density at radius 3 is 2.43 bits per heavy atom. The predicted octanol–water partition coefficient (Wildman–Crippen LogP) is 1.55. The van der Waals surface area contributed by atoms with Crippen molar-refractivity contribution in [1.29, 1.82) is 0 Å². The molecule has 120 valence electrons. The van der Waals surface area contributed by atoms with Gasteiger partial charge in [0.1, 0.15) is 17.5 Å². The van der Waals surface area contributed by atoms with Gasteiger partial charge in [-0.1, -0.05) is 18.2 Å². The third-order valence-corrected chi connectivity index (χ3v) is 3.13. The topological polar surface area (TPSA) is 122 Å². The van der Waals surface area contributed by atoms with Gasteiger partial charge in [-0.25, -0.2) is 5.48 Å². The molecule has 0 fully saturated rings. The number of hydroxylamine groups is 1. The molecule has 23 heavy (non-hydrogen) atoms. The third kappa shape index (κ3) is 4.53. The van der Waals surface area contributed by atoms with E-state index in [-0.39, 0.29) is 12.0 Å². The second kappa shape index (κ2) is 7.39. The van der Waals surface area contributed by atoms with Gasteiger partial charge in [0, 0.05) is 5.56 Å². The molecule has 0 aliphatic rings. The van der Waals surface area contributed by atoms with Crippen LogP contribution in [-0.4, -0.2) is 28.2 Å². The number of ether oxygens (including phenoxy) is 1. The van der Waals surface area contributed by atoms with E-state index in [1.165, 1.54) is 12.1 Å². The number of amides is 1. The monoisotopic (exact) mass is 316 g/mol. The minimum absolute atomic E-state index is 0.224. The molecule has 0 heterocycles. The summed E-state index contributed by atoms with van der Waals surface area (Å²) < 4.78 is 5.61. The van der Waals surface area contributed by atoms with Crippen LogP contribution in [0.15, 0.2) is 48.5 Å². The number of hydrogen-bond donors (Lipinski definition) is 4. The zero-order valence-corrected chi connectivity index (χ0v) is 12.1. The minimum Gasteiger partial charge on any atom is -0.480 e. The molecule has 1 unspecified atom stereocenters. The molecule has 2 rings (SSSR count). The first-order valence-corrected chi connectivity index (χ1v) is 6.79. The van der Waals surface area contributed by atoms with Crippen LogP contribution in [0.1, 0.15) is 15.9 Å². The van der Waals surface area contributed by atoms with Crippen LogP contribution in [0.3, 0.4) is 0 Å². The Bertz CT molecular complexity index is 700. The van der Waals surface area contributed by atoms with Crippen LogP contribution in [-0.2, 0) is 11.2 Å². The molecule has 0 aromatic heterocycles. The van der Waals surface area contributed by atoms with Gasteiger partial charge >= 0.3 is 5.97 Å². The van der Waals surface area contributed by atoms with Gasteiger partial charge in [0.05, 0.1) is 0 Å². The lowest BCUT2D eigenvalue weighted by atomic mass is 10.1. The van der Waals surface area contributed by atoms with Gasteiger partial charge < -0.3 is 15.6 Å². The second-order valence-electron chi connectivity index (χ2n) is 4.86. The number of hydrogen-bond acceptors (Lipinski definition) is 5. The average Bonchev–Trinajstić information content (AvgIpc) is 2.56. The molecule has 5 N–H and O–H groups in total. The Hall–Kier alpha value is -2.90. The number of carbonyl (C=O) groups excluding carboxylic acids is 1. The van der Waals surface area contributed by atoms with Crippen molar-refractivity contribution in [2.45, 2.75) is 12.5 Å². The number of nitrogens with two attached hydrogens (primary N) is 1. The number of benzene rings is 2. The van der Waals surface area contributed by atoms with Crippen molar-refractivity contribution in [3.63, 3.8) is 0 Å². The fraction of sp³-hybridized carbons (Fsp3) is 0.125. The fourth-order valence-electron chi connectivity index (χ4n) is 1.94. The molecular formula is C16H16N2O5. The van der Waals surface area contributed by atoms with Crippen molar-refractivity contribution < 1.29 is 24.6 Å². The second-order valence-corrected chi connectivity index (χ2v) is 4.86. The molecule has 7 heteroatoms. The summed E-state index contributed by atoms with van der Waals surface area (Å²) in [6.45, 7) is 0. The smallest absolute Gasteiger partial charge is 0.320 e. The largest absolute Gasteiger partial charge is 0.480 e. The first kappa shape index (κ1) is 16.5. The molecule has 2 aromatic carbocycles. The zero-order chi connectivity index (χ0) is 16.8. The third-order valence-electron chi connectivity index (χ3n) is 3.13. The molecule has 0 saturated heterocycles. The molecule has 0 aliphatic heterocycles. The Morgan fingerprint density at radius 2 is 1.83 bits per heavy atom. The van der Waals surface area contributed by atoms with Gasteiger partial charge in [0.15, 0.2) is 0 Å². The lowest BCUT2D eigenvalue weighted by Gasteiger charge is -2.09. The summed E-state index contributed by atoms with van der Waals surface area (Å²) in [6.07, 6.45) is 0.224. The molecule has 1 atom stereocenters. The molecule has 2 aromatic rings. The number of nitrogens with one attached hydrogen (secondary N) is 1. The van der Waals surface area contributed by atoms with E-state index in [0.29, 0.717) is 11.5 Å². The van der Waals surface area contributed by atoms with Crippen LogP contribution < -0.4 is 16.0 Å². The maximum Gasteiger partial charge on any atom is 0.320 e. The Labute approximate surface area is 132 Å². The Balaban J connectivity index is 2.06. The molecular weight excluding hydrogens is 300 g/mol. The van der Waals surface area contributed by atoms with E-state index in [0.717, 1.165) is 5.56 Å². The number of carboxylic acids is 1. The van der Waals surface area contributed by atoms with E-state index < -0.39 is 17.9 Å². The van der Waals surface area contributed by atoms with E-state index in [2.05, 4.69) is 0 Å². The van der Waals surface area contributed by atoms with E-state index in [1.807, 2.05) is 0 Å². The van der Waals surface area contributed by atoms with Gasteiger partial charge in [-0.05, 0) is 42.3 Å². The van der Waals surface area contributed by atoms with E-state index in [4.69, 9.17) is 20.8 Å². The van der Waals surface area contributed by atoms with Gasteiger partial charge in [-0.3, -0.25) is 14.8 Å². The summed E-state index contributed by atoms with van der Waals surface area (Å²) in [6, 6.07) is 12.2. The van der Waals surface area contributed by atoms with E-state index >= 15 is 0 Å². The van der Waals surface area contributed by atoms with Crippen LogP contribution in [0.25, 0.3) is 0 Å². The number of rotatable bonds is 6. The number of carbonyl (C=O) groups is 2. The minimum atomic E-state index is -1.05. The van der Waals surface area contributed by atoms with Crippen molar-refractivity contribution in [3.8, 4) is 11.5 Å². The van der Waals surface area contributed by atoms with Crippen molar-refractivity contribution in [2.75, 3.05) is 0 Å². The summed E-state index contributed by atoms with van der Waals surface area (Å²) in [5, 5.41) is 17.4. The van der Waals surface area contributed by atoms with Gasteiger partial charge in [-0.2, -0.15) is 0 Å². The summed E-state index contributed by atoms with van der Waals surface area (Å²) in [4.78, 5) is 22.1. The number of aliphatic carboxylic acids is 1. The fourth-order valence-corrected chi connectivity index (χ4v) is 1.94. The van der Waals surface area contributed by atoms with Crippen molar-refractivity contribution >= 4 is 11.9 Å². The highest BCUT2D eigenvalue weighted by molar-refractivity contribution is 5.93. The predicted molar refractivity (Wildman–Crippen MR) is 81.5 cm³/mol. The highest BCUT2D eigenvalue weighted by Gasteiger charge is 2.12. The molecule has 0 saturated carbocycles. The lowest BCUT2D eigenvalue weighted by molar-refractivity contribution is -0.138. The Kier molecular flexibility index (Phi) is 5.29. The first-order chi connectivity index (χ1) is 11.0. The van der Waals surface area contributed by atoms with Crippen LogP contribution in [0.4, 0.5) is 0 Å². The Morgan fingerprint density at radius 1 is 1.13 bits per heavy atom. The highest BCUT2D eigenvalue weighted by Crippen LogP contribution is 2.23. The summed E-state index contributed by atoms with van der Waals surface area (Å²) in [7, 11) is 0. The van der Waals surface area contributed by atoms with E-state index in [1.54, 1.807) is 41.9 Å². The van der Waals surface area contributed by atoms with Crippen molar-refractivity contribution in [3.05, 3.63) is 59.7 Å². The van der Waals surface area contributed by atoms with Gasteiger partial charge in [0.25, 0.3) is 5.91 Å². The van der Waals surface area contributed by atoms with Crippen LogP contribution in [0.5, 0.6) is 11.5 Å². The average molecular weight is 316 g/mol. The standard InChI is InChI=1S/C16H16N2O5/c17-14(16(20)21)8-10-4-6-12(7-5-10)23-13-3-1-2-11(9-13)15(19)18-22/h1-7,9,14,22H,8,17H2,(H,18,19)(H,20,21). The number of carboxylic acid groups (broad SMARTS) is 1.